The van der Waals surface area contributed by atoms with Crippen molar-refractivity contribution >= 4 is 29.1 Å². The van der Waals surface area contributed by atoms with Crippen LogP contribution in [0.15, 0.2) is 0 Å². The van der Waals surface area contributed by atoms with Crippen LogP contribution in [0.2, 0.25) is 5.02 Å². The predicted octanol–water partition coefficient (Wildman–Crippen LogP) is 3.51. The summed E-state index contributed by atoms with van der Waals surface area (Å²) in [5.41, 5.74) is 1.71. The SMILES string of the molecule is CCn1nc(C)c(Cl)c1CC(=O)CC1CCSCC1. The van der Waals surface area contributed by atoms with E-state index in [0.717, 1.165) is 17.9 Å². The van der Waals surface area contributed by atoms with Gasteiger partial charge in [0, 0.05) is 19.4 Å². The molecule has 1 aliphatic rings. The number of Topliss-reactive ketones (excluding diaryl/α,β-unsaturated/α-hetero) is 1. The molecule has 0 aromatic carbocycles. The van der Waals surface area contributed by atoms with Crippen LogP contribution >= 0.6 is 23.4 Å². The zero-order valence-electron chi connectivity index (χ0n) is 11.6. The fourth-order valence-electron chi connectivity index (χ4n) is 2.57. The number of ketones is 1. The summed E-state index contributed by atoms with van der Waals surface area (Å²) < 4.78 is 1.85. The predicted molar refractivity (Wildman–Crippen MR) is 81.0 cm³/mol. The van der Waals surface area contributed by atoms with Gasteiger partial charge in [0.25, 0.3) is 0 Å². The highest BCUT2D eigenvalue weighted by Gasteiger charge is 2.20. The van der Waals surface area contributed by atoms with Gasteiger partial charge in [-0.2, -0.15) is 16.9 Å². The molecule has 1 fully saturated rings. The van der Waals surface area contributed by atoms with Gasteiger partial charge in [-0.25, -0.2) is 0 Å². The third kappa shape index (κ3) is 3.76. The minimum atomic E-state index is 0.299. The average Bonchev–Trinajstić information content (AvgIpc) is 2.67. The number of thioether (sulfide) groups is 1. The molecule has 0 bridgehead atoms. The zero-order valence-corrected chi connectivity index (χ0v) is 13.2. The Morgan fingerprint density at radius 3 is 2.79 bits per heavy atom. The van der Waals surface area contributed by atoms with Gasteiger partial charge in [-0.05, 0) is 44.1 Å². The summed E-state index contributed by atoms with van der Waals surface area (Å²) in [5.74, 6) is 3.27. The van der Waals surface area contributed by atoms with Gasteiger partial charge in [0.1, 0.15) is 5.78 Å². The maximum atomic E-state index is 12.2. The van der Waals surface area contributed by atoms with Crippen molar-refractivity contribution in [3.8, 4) is 0 Å². The minimum Gasteiger partial charge on any atom is -0.299 e. The molecule has 19 heavy (non-hydrogen) atoms. The maximum absolute atomic E-state index is 12.2. The molecule has 3 nitrogen and oxygen atoms in total. The lowest BCUT2D eigenvalue weighted by Gasteiger charge is -2.20. The van der Waals surface area contributed by atoms with Crippen molar-refractivity contribution in [3.63, 3.8) is 0 Å². The van der Waals surface area contributed by atoms with E-state index in [-0.39, 0.29) is 0 Å². The molecule has 5 heteroatoms. The Balaban J connectivity index is 1.98. The van der Waals surface area contributed by atoms with E-state index < -0.39 is 0 Å². The quantitative estimate of drug-likeness (QED) is 0.834. The smallest absolute Gasteiger partial charge is 0.139 e. The second-order valence-electron chi connectivity index (χ2n) is 5.14. The Morgan fingerprint density at radius 2 is 2.16 bits per heavy atom. The molecule has 1 aromatic rings. The van der Waals surface area contributed by atoms with Crippen LogP contribution in [0.25, 0.3) is 0 Å². The van der Waals surface area contributed by atoms with Gasteiger partial charge in [-0.3, -0.25) is 9.48 Å². The third-order valence-electron chi connectivity index (χ3n) is 3.67. The standard InChI is InChI=1S/C14H21ClN2OS/c1-3-17-13(14(15)10(2)16-17)9-12(18)8-11-4-6-19-7-5-11/h11H,3-9H2,1-2H3. The molecule has 1 saturated heterocycles. The van der Waals surface area contributed by atoms with Crippen LogP contribution in [0.3, 0.4) is 0 Å². The number of nitrogens with zero attached hydrogens (tertiary/aromatic N) is 2. The first kappa shape index (κ1) is 14.9. The number of aromatic nitrogens is 2. The van der Waals surface area contributed by atoms with E-state index >= 15 is 0 Å². The Bertz CT molecular complexity index is 453. The van der Waals surface area contributed by atoms with Crippen molar-refractivity contribution < 1.29 is 4.79 Å². The largest absolute Gasteiger partial charge is 0.299 e. The molecule has 2 rings (SSSR count). The first-order chi connectivity index (χ1) is 9.11. The first-order valence-corrected chi connectivity index (χ1v) is 8.46. The summed E-state index contributed by atoms with van der Waals surface area (Å²) in [5, 5.41) is 5.02. The molecule has 0 atom stereocenters. The number of aryl methyl sites for hydroxylation is 2. The van der Waals surface area contributed by atoms with Crippen LogP contribution in [-0.2, 0) is 17.8 Å². The Labute approximate surface area is 124 Å². The molecular weight excluding hydrogens is 280 g/mol. The second-order valence-corrected chi connectivity index (χ2v) is 6.74. The zero-order chi connectivity index (χ0) is 13.8. The molecular formula is C14H21ClN2OS. The number of hydrogen-bond donors (Lipinski definition) is 0. The molecule has 1 aliphatic heterocycles. The minimum absolute atomic E-state index is 0.299. The van der Waals surface area contributed by atoms with E-state index in [1.165, 1.54) is 24.3 Å². The topological polar surface area (TPSA) is 34.9 Å². The van der Waals surface area contributed by atoms with Crippen molar-refractivity contribution in [1.29, 1.82) is 0 Å². The van der Waals surface area contributed by atoms with E-state index in [1.807, 2.05) is 30.3 Å². The van der Waals surface area contributed by atoms with Crippen LogP contribution in [0.5, 0.6) is 0 Å². The first-order valence-electron chi connectivity index (χ1n) is 6.93. The van der Waals surface area contributed by atoms with Crippen molar-refractivity contribution in [3.05, 3.63) is 16.4 Å². The molecule has 106 valence electrons. The molecule has 0 spiro atoms. The van der Waals surface area contributed by atoms with Crippen molar-refractivity contribution in [2.24, 2.45) is 5.92 Å². The van der Waals surface area contributed by atoms with Crippen LogP contribution in [0, 0.1) is 12.8 Å². The Morgan fingerprint density at radius 1 is 1.47 bits per heavy atom. The van der Waals surface area contributed by atoms with Crippen molar-refractivity contribution in [2.75, 3.05) is 11.5 Å². The van der Waals surface area contributed by atoms with Crippen LogP contribution in [-0.4, -0.2) is 27.1 Å². The fourth-order valence-corrected chi connectivity index (χ4v) is 3.98. The Kier molecular flexibility index (Phi) is 5.34. The fraction of sp³-hybridized carbons (Fsp3) is 0.714. The highest BCUT2D eigenvalue weighted by Crippen LogP contribution is 2.27. The number of rotatable bonds is 5. The van der Waals surface area contributed by atoms with Gasteiger partial charge in [-0.15, -0.1) is 0 Å². The molecule has 0 N–H and O–H groups in total. The lowest BCUT2D eigenvalue weighted by molar-refractivity contribution is -0.119. The van der Waals surface area contributed by atoms with E-state index in [2.05, 4.69) is 5.10 Å². The molecule has 1 aromatic heterocycles. The second kappa shape index (κ2) is 6.80. The summed E-state index contributed by atoms with van der Waals surface area (Å²) >= 11 is 8.24. The highest BCUT2D eigenvalue weighted by atomic mass is 35.5. The van der Waals surface area contributed by atoms with Gasteiger partial charge in [0.2, 0.25) is 0 Å². The van der Waals surface area contributed by atoms with Crippen LogP contribution in [0.1, 0.15) is 37.6 Å². The van der Waals surface area contributed by atoms with Crippen molar-refractivity contribution in [1.82, 2.24) is 9.78 Å². The molecule has 0 amide bonds. The Hall–Kier alpha value is -0.480. The van der Waals surface area contributed by atoms with E-state index in [4.69, 9.17) is 11.6 Å². The summed E-state index contributed by atoms with van der Waals surface area (Å²) in [6, 6.07) is 0. The van der Waals surface area contributed by atoms with Gasteiger partial charge in [0.15, 0.2) is 0 Å². The summed E-state index contributed by atoms with van der Waals surface area (Å²) in [4.78, 5) is 12.2. The van der Waals surface area contributed by atoms with Gasteiger partial charge >= 0.3 is 0 Å². The lowest BCUT2D eigenvalue weighted by Crippen LogP contribution is -2.17. The van der Waals surface area contributed by atoms with E-state index in [0.29, 0.717) is 29.6 Å². The molecule has 2 heterocycles. The highest BCUT2D eigenvalue weighted by molar-refractivity contribution is 7.99. The number of hydrogen-bond acceptors (Lipinski definition) is 3. The van der Waals surface area contributed by atoms with Crippen LogP contribution < -0.4 is 0 Å². The summed E-state index contributed by atoms with van der Waals surface area (Å²) in [7, 11) is 0. The van der Waals surface area contributed by atoms with Gasteiger partial charge in [-0.1, -0.05) is 11.6 Å². The molecule has 0 aliphatic carbocycles. The number of carbonyl (C=O) groups excluding carboxylic acids is 1. The summed E-state index contributed by atoms with van der Waals surface area (Å²) in [6.45, 7) is 4.67. The average molecular weight is 301 g/mol. The number of halogens is 1. The van der Waals surface area contributed by atoms with Gasteiger partial charge in [0.05, 0.1) is 16.4 Å². The van der Waals surface area contributed by atoms with E-state index in [9.17, 15) is 4.79 Å². The molecule has 0 unspecified atom stereocenters. The number of carbonyl (C=O) groups is 1. The monoisotopic (exact) mass is 300 g/mol. The normalized spacial score (nSPS) is 16.8. The van der Waals surface area contributed by atoms with Gasteiger partial charge < -0.3 is 0 Å². The van der Waals surface area contributed by atoms with E-state index in [1.54, 1.807) is 0 Å². The lowest BCUT2D eigenvalue weighted by atomic mass is 9.95. The summed E-state index contributed by atoms with van der Waals surface area (Å²) in [6.07, 6.45) is 3.48. The third-order valence-corrected chi connectivity index (χ3v) is 5.22. The van der Waals surface area contributed by atoms with Crippen molar-refractivity contribution in [2.45, 2.75) is 46.1 Å². The molecule has 0 saturated carbocycles. The van der Waals surface area contributed by atoms with Crippen LogP contribution in [0.4, 0.5) is 0 Å². The maximum Gasteiger partial charge on any atom is 0.139 e. The molecule has 0 radical (unpaired) electrons.